The van der Waals surface area contributed by atoms with Gasteiger partial charge in [-0.25, -0.2) is 0 Å². The molecule has 0 fully saturated rings. The van der Waals surface area contributed by atoms with E-state index in [0.717, 1.165) is 10.9 Å². The van der Waals surface area contributed by atoms with Crippen LogP contribution in [0.1, 0.15) is 21.9 Å². The first kappa shape index (κ1) is 17.1. The minimum absolute atomic E-state index is 0.239. The molecule has 0 aliphatic carbocycles. The first-order valence-electron chi connectivity index (χ1n) is 7.66. The summed E-state index contributed by atoms with van der Waals surface area (Å²) in [5.41, 5.74) is 0.874. The van der Waals surface area contributed by atoms with E-state index in [0.29, 0.717) is 27.7 Å². The molecule has 0 atom stereocenters. The summed E-state index contributed by atoms with van der Waals surface area (Å²) in [6.07, 6.45) is 3.20. The molecule has 0 spiro atoms. The molecule has 0 bridgehead atoms. The zero-order chi connectivity index (χ0) is 18.0. The molecule has 0 saturated carbocycles. The summed E-state index contributed by atoms with van der Waals surface area (Å²) >= 11 is 5.87. The Labute approximate surface area is 150 Å². The van der Waals surface area contributed by atoms with E-state index in [1.807, 2.05) is 18.2 Å². The zero-order valence-corrected chi connectivity index (χ0v) is 14.9. The van der Waals surface area contributed by atoms with Crippen molar-refractivity contribution in [3.63, 3.8) is 0 Å². The number of ketones is 1. The summed E-state index contributed by atoms with van der Waals surface area (Å²) in [5, 5.41) is 2.08. The van der Waals surface area contributed by atoms with Gasteiger partial charge >= 0.3 is 0 Å². The maximum Gasteiger partial charge on any atom is 0.221 e. The quantitative estimate of drug-likeness (QED) is 0.459. The summed E-state index contributed by atoms with van der Waals surface area (Å²) in [4.78, 5) is 12.6. The van der Waals surface area contributed by atoms with Crippen LogP contribution in [0.15, 0.2) is 46.9 Å². The molecule has 0 amide bonds. The number of methoxy groups -OCH3 is 2. The molecule has 0 aliphatic rings. The number of rotatable bonds is 5. The number of furan rings is 1. The Balaban J connectivity index is 2.03. The van der Waals surface area contributed by atoms with Crippen LogP contribution in [0.5, 0.6) is 11.5 Å². The van der Waals surface area contributed by atoms with Gasteiger partial charge in [0.25, 0.3) is 0 Å². The molecule has 0 radical (unpaired) electrons. The average molecular weight is 357 g/mol. The van der Waals surface area contributed by atoms with Gasteiger partial charge in [-0.3, -0.25) is 4.79 Å². The summed E-state index contributed by atoms with van der Waals surface area (Å²) < 4.78 is 16.4. The molecule has 2 aromatic carbocycles. The number of halogens is 1. The van der Waals surface area contributed by atoms with Gasteiger partial charge < -0.3 is 13.9 Å². The monoisotopic (exact) mass is 356 g/mol. The minimum Gasteiger partial charge on any atom is -0.497 e. The first-order chi connectivity index (χ1) is 12.0. The normalized spacial score (nSPS) is 11.2. The molecule has 5 heteroatoms. The van der Waals surface area contributed by atoms with Crippen molar-refractivity contribution in [2.45, 2.75) is 6.92 Å². The summed E-state index contributed by atoms with van der Waals surface area (Å²) in [7, 11) is 3.13. The molecular weight excluding hydrogens is 340 g/mol. The third-order valence-corrected chi connectivity index (χ3v) is 4.17. The van der Waals surface area contributed by atoms with Crippen LogP contribution in [0.4, 0.5) is 0 Å². The maximum atomic E-state index is 12.6. The Morgan fingerprint density at radius 2 is 1.84 bits per heavy atom. The van der Waals surface area contributed by atoms with Crippen molar-refractivity contribution in [1.29, 1.82) is 0 Å². The van der Waals surface area contributed by atoms with E-state index in [4.69, 9.17) is 25.5 Å². The van der Waals surface area contributed by atoms with Gasteiger partial charge in [0.15, 0.2) is 5.76 Å². The number of hydrogen-bond donors (Lipinski definition) is 0. The van der Waals surface area contributed by atoms with Gasteiger partial charge in [0.05, 0.1) is 19.6 Å². The fourth-order valence-corrected chi connectivity index (χ4v) is 2.76. The number of benzene rings is 2. The van der Waals surface area contributed by atoms with Crippen LogP contribution in [0.25, 0.3) is 16.8 Å². The lowest BCUT2D eigenvalue weighted by Crippen LogP contribution is -1.95. The molecule has 25 heavy (non-hydrogen) atoms. The molecule has 4 nitrogen and oxygen atoms in total. The van der Waals surface area contributed by atoms with Gasteiger partial charge in [-0.1, -0.05) is 29.8 Å². The summed E-state index contributed by atoms with van der Waals surface area (Å²) in [6, 6.07) is 10.8. The lowest BCUT2D eigenvalue weighted by molar-refractivity contribution is 0.102. The number of hydrogen-bond acceptors (Lipinski definition) is 4. The summed E-state index contributed by atoms with van der Waals surface area (Å²) in [6.45, 7) is 1.81. The molecule has 3 aromatic rings. The molecule has 0 N–H and O–H groups in total. The zero-order valence-electron chi connectivity index (χ0n) is 14.1. The minimum atomic E-state index is -0.239. The Hall–Kier alpha value is -2.72. The van der Waals surface area contributed by atoms with Crippen LogP contribution in [0, 0.1) is 6.92 Å². The van der Waals surface area contributed by atoms with Gasteiger partial charge in [0, 0.05) is 16.5 Å². The predicted octanol–water partition coefficient (Wildman–Crippen LogP) is 5.31. The van der Waals surface area contributed by atoms with Crippen LogP contribution >= 0.6 is 11.6 Å². The molecule has 1 heterocycles. The average Bonchev–Trinajstić information content (AvgIpc) is 2.97. The first-order valence-corrected chi connectivity index (χ1v) is 8.04. The van der Waals surface area contributed by atoms with Crippen LogP contribution in [0.2, 0.25) is 5.02 Å². The molecule has 1 aromatic heterocycles. The van der Waals surface area contributed by atoms with Crippen LogP contribution < -0.4 is 9.47 Å². The number of ether oxygens (including phenoxy) is 2. The molecule has 128 valence electrons. The lowest BCUT2D eigenvalue weighted by Gasteiger charge is -2.06. The van der Waals surface area contributed by atoms with Gasteiger partial charge in [-0.05, 0) is 36.8 Å². The Morgan fingerprint density at radius 1 is 1.12 bits per heavy atom. The number of carbonyl (C=O) groups excluding carboxylic acids is 1. The number of fused-ring (bicyclic) bond motifs is 1. The van der Waals surface area contributed by atoms with Crippen LogP contribution in [-0.4, -0.2) is 20.0 Å². The van der Waals surface area contributed by atoms with Gasteiger partial charge in [0.1, 0.15) is 17.3 Å². The van der Waals surface area contributed by atoms with Gasteiger partial charge in [-0.15, -0.1) is 0 Å². The second-order valence-corrected chi connectivity index (χ2v) is 5.93. The molecule has 0 unspecified atom stereocenters. The fraction of sp³-hybridized carbons (Fsp3) is 0.150. The van der Waals surface area contributed by atoms with Crippen molar-refractivity contribution < 1.29 is 18.7 Å². The second-order valence-electron chi connectivity index (χ2n) is 5.49. The topological polar surface area (TPSA) is 48.7 Å². The Bertz CT molecular complexity index is 952. The smallest absolute Gasteiger partial charge is 0.221 e. The van der Waals surface area contributed by atoms with E-state index in [-0.39, 0.29) is 11.5 Å². The Kier molecular flexibility index (Phi) is 4.81. The highest BCUT2D eigenvalue weighted by Crippen LogP contribution is 2.37. The standard InChI is InChI=1S/C20H17ClO4/c1-12-16-10-15(23-2)11-18(24-3)19(16)20(25-12)17(22)9-6-13-4-7-14(21)8-5-13/h4-11H,1-3H3. The number of carbonyl (C=O) groups is 1. The molecule has 0 aliphatic heterocycles. The van der Waals surface area contributed by atoms with Crippen LogP contribution in [0.3, 0.4) is 0 Å². The molecule has 0 saturated heterocycles. The maximum absolute atomic E-state index is 12.6. The van der Waals surface area contributed by atoms with Crippen molar-refractivity contribution in [3.8, 4) is 11.5 Å². The van der Waals surface area contributed by atoms with Crippen molar-refractivity contribution in [3.05, 3.63) is 64.6 Å². The molecular formula is C20H17ClO4. The third kappa shape index (κ3) is 3.39. The number of aryl methyl sites for hydroxylation is 1. The van der Waals surface area contributed by atoms with Crippen LogP contribution in [-0.2, 0) is 0 Å². The van der Waals surface area contributed by atoms with Gasteiger partial charge in [-0.2, -0.15) is 0 Å². The van der Waals surface area contributed by atoms with Crippen molar-refractivity contribution in [1.82, 2.24) is 0 Å². The van der Waals surface area contributed by atoms with Crippen molar-refractivity contribution >= 4 is 34.2 Å². The highest BCUT2D eigenvalue weighted by molar-refractivity contribution is 6.30. The Morgan fingerprint density at radius 3 is 2.48 bits per heavy atom. The van der Waals surface area contributed by atoms with E-state index < -0.39 is 0 Å². The van der Waals surface area contributed by atoms with E-state index in [2.05, 4.69) is 0 Å². The lowest BCUT2D eigenvalue weighted by atomic mass is 10.1. The van der Waals surface area contributed by atoms with E-state index in [9.17, 15) is 4.79 Å². The highest BCUT2D eigenvalue weighted by Gasteiger charge is 2.20. The van der Waals surface area contributed by atoms with Crippen molar-refractivity contribution in [2.24, 2.45) is 0 Å². The van der Waals surface area contributed by atoms with Gasteiger partial charge in [0.2, 0.25) is 5.78 Å². The third-order valence-electron chi connectivity index (χ3n) is 3.91. The SMILES string of the molecule is COc1cc(OC)c2c(C(=O)C=Cc3ccc(Cl)cc3)oc(C)c2c1. The van der Waals surface area contributed by atoms with E-state index >= 15 is 0 Å². The predicted molar refractivity (Wildman–Crippen MR) is 98.9 cm³/mol. The number of allylic oxidation sites excluding steroid dienone is 1. The largest absolute Gasteiger partial charge is 0.497 e. The van der Waals surface area contributed by atoms with Crippen molar-refractivity contribution in [2.75, 3.05) is 14.2 Å². The van der Waals surface area contributed by atoms with E-state index in [1.165, 1.54) is 6.08 Å². The fourth-order valence-electron chi connectivity index (χ4n) is 2.63. The van der Waals surface area contributed by atoms with E-state index in [1.54, 1.807) is 45.4 Å². The summed E-state index contributed by atoms with van der Waals surface area (Å²) in [5.74, 6) is 1.82. The highest BCUT2D eigenvalue weighted by atomic mass is 35.5. The second kappa shape index (κ2) is 7.03. The molecule has 3 rings (SSSR count).